The van der Waals surface area contributed by atoms with Crippen LogP contribution in [0.5, 0.6) is 11.5 Å². The van der Waals surface area contributed by atoms with Crippen molar-refractivity contribution in [3.8, 4) is 11.5 Å². The number of nitrogens with one attached hydrogen (secondary N) is 2. The van der Waals surface area contributed by atoms with Crippen molar-refractivity contribution in [1.82, 2.24) is 5.32 Å². The molecule has 1 heterocycles. The summed E-state index contributed by atoms with van der Waals surface area (Å²) in [6, 6.07) is 11.0. The third-order valence-corrected chi connectivity index (χ3v) is 5.46. The maximum absolute atomic E-state index is 12.3. The van der Waals surface area contributed by atoms with Gasteiger partial charge in [-0.3, -0.25) is 9.59 Å². The molecule has 0 bridgehead atoms. The Labute approximate surface area is 194 Å². The van der Waals surface area contributed by atoms with Gasteiger partial charge < -0.3 is 25.2 Å². The zero-order valence-corrected chi connectivity index (χ0v) is 18.7. The van der Waals surface area contributed by atoms with E-state index in [1.807, 2.05) is 0 Å². The van der Waals surface area contributed by atoms with E-state index >= 15 is 0 Å². The van der Waals surface area contributed by atoms with Crippen LogP contribution in [-0.2, 0) is 14.3 Å². The summed E-state index contributed by atoms with van der Waals surface area (Å²) in [5.74, 6) is -0.818. The van der Waals surface area contributed by atoms with Gasteiger partial charge in [0.1, 0.15) is 5.25 Å². The van der Waals surface area contributed by atoms with Crippen molar-refractivity contribution in [2.45, 2.75) is 18.6 Å². The SMILES string of the molecule is CCOC(=O)c1ccc(NC(=O)CC2SC(=N/N=C/c3ccc(O)c(OC)c3)NC2=O)cc1. The molecule has 0 aromatic heterocycles. The van der Waals surface area contributed by atoms with E-state index in [0.717, 1.165) is 11.8 Å². The maximum atomic E-state index is 12.3. The first-order valence-electron chi connectivity index (χ1n) is 9.92. The van der Waals surface area contributed by atoms with E-state index in [2.05, 4.69) is 20.8 Å². The lowest BCUT2D eigenvalue weighted by atomic mass is 10.2. The van der Waals surface area contributed by atoms with Gasteiger partial charge in [-0.2, -0.15) is 5.10 Å². The summed E-state index contributed by atoms with van der Waals surface area (Å²) in [6.07, 6.45) is 1.38. The smallest absolute Gasteiger partial charge is 0.338 e. The van der Waals surface area contributed by atoms with Gasteiger partial charge in [-0.15, -0.1) is 5.10 Å². The molecule has 1 atom stereocenters. The number of phenols is 1. The van der Waals surface area contributed by atoms with Gasteiger partial charge in [-0.25, -0.2) is 4.79 Å². The molecule has 1 fully saturated rings. The summed E-state index contributed by atoms with van der Waals surface area (Å²) in [5.41, 5.74) is 1.53. The van der Waals surface area contributed by atoms with Crippen LogP contribution >= 0.6 is 11.8 Å². The summed E-state index contributed by atoms with van der Waals surface area (Å²) in [4.78, 5) is 36.2. The Balaban J connectivity index is 1.53. The summed E-state index contributed by atoms with van der Waals surface area (Å²) in [5, 5.41) is 22.4. The normalized spacial score (nSPS) is 16.6. The topological polar surface area (TPSA) is 139 Å². The highest BCUT2D eigenvalue weighted by atomic mass is 32.2. The largest absolute Gasteiger partial charge is 0.504 e. The number of nitrogens with zero attached hydrogens (tertiary/aromatic N) is 2. The Morgan fingerprint density at radius 1 is 1.24 bits per heavy atom. The van der Waals surface area contributed by atoms with Crippen molar-refractivity contribution in [3.63, 3.8) is 0 Å². The molecule has 0 aliphatic carbocycles. The molecule has 0 radical (unpaired) electrons. The molecule has 1 unspecified atom stereocenters. The van der Waals surface area contributed by atoms with Gasteiger partial charge in [0.15, 0.2) is 16.7 Å². The summed E-state index contributed by atoms with van der Waals surface area (Å²) in [7, 11) is 1.44. The number of aromatic hydroxyl groups is 1. The van der Waals surface area contributed by atoms with Crippen molar-refractivity contribution in [3.05, 3.63) is 53.6 Å². The monoisotopic (exact) mass is 470 g/mol. The standard InChI is InChI=1S/C22H22N4O6S/c1-3-32-21(30)14-5-7-15(8-6-14)24-19(28)11-18-20(29)25-22(33-18)26-23-12-13-4-9-16(27)17(10-13)31-2/h4-10,12,18,27H,3,11H2,1-2H3,(H,24,28)(H,25,26,29)/b23-12+. The minimum absolute atomic E-state index is 0.00985. The van der Waals surface area contributed by atoms with E-state index in [4.69, 9.17) is 9.47 Å². The lowest BCUT2D eigenvalue weighted by Crippen LogP contribution is -2.28. The molecule has 10 nitrogen and oxygen atoms in total. The van der Waals surface area contributed by atoms with Crippen LogP contribution < -0.4 is 15.4 Å². The number of carbonyl (C=O) groups excluding carboxylic acids is 3. The van der Waals surface area contributed by atoms with Crippen molar-refractivity contribution in [2.75, 3.05) is 19.0 Å². The van der Waals surface area contributed by atoms with E-state index in [1.165, 1.54) is 19.4 Å². The number of amidine groups is 1. The third kappa shape index (κ3) is 6.56. The van der Waals surface area contributed by atoms with Crippen molar-refractivity contribution < 1.29 is 29.0 Å². The van der Waals surface area contributed by atoms with Gasteiger partial charge in [0.25, 0.3) is 0 Å². The molecule has 11 heteroatoms. The Morgan fingerprint density at radius 3 is 2.70 bits per heavy atom. The number of carbonyl (C=O) groups is 3. The molecule has 0 saturated carbocycles. The second-order valence-corrected chi connectivity index (χ2v) is 7.92. The zero-order chi connectivity index (χ0) is 23.8. The first-order chi connectivity index (χ1) is 15.9. The fraction of sp³-hybridized carbons (Fsp3) is 0.227. The Morgan fingerprint density at radius 2 is 2.00 bits per heavy atom. The number of anilines is 1. The van der Waals surface area contributed by atoms with E-state index < -0.39 is 11.2 Å². The number of phenolic OH excluding ortho intramolecular Hbond substituents is 1. The number of esters is 1. The molecule has 0 spiro atoms. The second-order valence-electron chi connectivity index (χ2n) is 6.73. The highest BCUT2D eigenvalue weighted by Gasteiger charge is 2.32. The van der Waals surface area contributed by atoms with Crippen LogP contribution in [0.2, 0.25) is 0 Å². The quantitative estimate of drug-likeness (QED) is 0.306. The van der Waals surface area contributed by atoms with E-state index in [1.54, 1.807) is 43.3 Å². The minimum Gasteiger partial charge on any atom is -0.504 e. The van der Waals surface area contributed by atoms with E-state index in [-0.39, 0.29) is 35.8 Å². The zero-order valence-electron chi connectivity index (χ0n) is 17.9. The van der Waals surface area contributed by atoms with Crippen LogP contribution in [0, 0.1) is 0 Å². The van der Waals surface area contributed by atoms with Crippen LogP contribution in [0.15, 0.2) is 52.7 Å². The van der Waals surface area contributed by atoms with Crippen molar-refractivity contribution >= 4 is 46.6 Å². The van der Waals surface area contributed by atoms with Gasteiger partial charge in [0.2, 0.25) is 11.8 Å². The van der Waals surface area contributed by atoms with E-state index in [0.29, 0.717) is 22.6 Å². The number of methoxy groups -OCH3 is 1. The molecule has 2 aromatic rings. The number of thioether (sulfide) groups is 1. The number of hydrogen-bond acceptors (Lipinski definition) is 9. The molecular weight excluding hydrogens is 448 g/mol. The minimum atomic E-state index is -0.647. The molecule has 1 saturated heterocycles. The van der Waals surface area contributed by atoms with Crippen LogP contribution in [-0.4, -0.2) is 53.2 Å². The van der Waals surface area contributed by atoms with Crippen molar-refractivity contribution in [2.24, 2.45) is 10.2 Å². The average Bonchev–Trinajstić information content (AvgIpc) is 3.14. The predicted molar refractivity (Wildman–Crippen MR) is 125 cm³/mol. The van der Waals surface area contributed by atoms with Crippen LogP contribution in [0.4, 0.5) is 5.69 Å². The number of benzene rings is 2. The van der Waals surface area contributed by atoms with Crippen LogP contribution in [0.25, 0.3) is 0 Å². The molecule has 3 rings (SSSR count). The Hall–Kier alpha value is -3.86. The molecule has 2 aromatic carbocycles. The molecule has 2 amide bonds. The molecule has 33 heavy (non-hydrogen) atoms. The lowest BCUT2D eigenvalue weighted by molar-refractivity contribution is -0.122. The highest BCUT2D eigenvalue weighted by molar-refractivity contribution is 8.15. The van der Waals surface area contributed by atoms with E-state index in [9.17, 15) is 19.5 Å². The number of ether oxygens (including phenoxy) is 2. The first-order valence-corrected chi connectivity index (χ1v) is 10.8. The lowest BCUT2D eigenvalue weighted by Gasteiger charge is -2.08. The molecule has 172 valence electrons. The molecule has 3 N–H and O–H groups in total. The third-order valence-electron chi connectivity index (χ3n) is 4.39. The van der Waals surface area contributed by atoms with Gasteiger partial charge >= 0.3 is 5.97 Å². The number of rotatable bonds is 8. The van der Waals surface area contributed by atoms with Gasteiger partial charge in [0, 0.05) is 12.1 Å². The molecule has 1 aliphatic rings. The predicted octanol–water partition coefficient (Wildman–Crippen LogP) is 2.53. The van der Waals surface area contributed by atoms with Crippen molar-refractivity contribution in [1.29, 1.82) is 0 Å². The number of amides is 2. The van der Waals surface area contributed by atoms with Crippen LogP contribution in [0.3, 0.4) is 0 Å². The number of hydrogen-bond donors (Lipinski definition) is 3. The average molecular weight is 471 g/mol. The van der Waals surface area contributed by atoms with Gasteiger partial charge in [-0.05, 0) is 55.0 Å². The molecule has 1 aliphatic heterocycles. The second kappa shape index (κ2) is 11.1. The fourth-order valence-corrected chi connectivity index (χ4v) is 3.72. The summed E-state index contributed by atoms with van der Waals surface area (Å²) >= 11 is 1.10. The van der Waals surface area contributed by atoms with Gasteiger partial charge in [0.05, 0.1) is 25.5 Å². The maximum Gasteiger partial charge on any atom is 0.338 e. The Kier molecular flexibility index (Phi) is 8.03. The summed E-state index contributed by atoms with van der Waals surface area (Å²) in [6.45, 7) is 2.00. The molecular formula is C22H22N4O6S. The highest BCUT2D eigenvalue weighted by Crippen LogP contribution is 2.26. The fourth-order valence-electron chi connectivity index (χ4n) is 2.79. The summed E-state index contributed by atoms with van der Waals surface area (Å²) < 4.78 is 9.95. The Bertz CT molecular complexity index is 1100. The van der Waals surface area contributed by atoms with Gasteiger partial charge in [-0.1, -0.05) is 11.8 Å². The van der Waals surface area contributed by atoms with Crippen LogP contribution in [0.1, 0.15) is 29.3 Å². The first kappa shape index (κ1) is 23.8.